The molecule has 0 radical (unpaired) electrons. The van der Waals surface area contributed by atoms with Crippen molar-refractivity contribution in [2.24, 2.45) is 0 Å². The molecule has 4 nitrogen and oxygen atoms in total. The molecule has 1 heterocycles. The average molecular weight is 334 g/mol. The van der Waals surface area contributed by atoms with E-state index in [2.05, 4.69) is 48.2 Å². The van der Waals surface area contributed by atoms with Crippen LogP contribution in [-0.2, 0) is 25.7 Å². The molecule has 126 valence electrons. The lowest BCUT2D eigenvalue weighted by molar-refractivity contribution is 0.187. The molecule has 0 saturated heterocycles. The van der Waals surface area contributed by atoms with Crippen LogP contribution in [0.4, 0.5) is 5.69 Å². The van der Waals surface area contributed by atoms with Crippen molar-refractivity contribution in [1.82, 2.24) is 9.97 Å². The molecule has 0 aliphatic carbocycles. The zero-order chi connectivity index (χ0) is 16.8. The number of hydrogen-bond acceptors (Lipinski definition) is 3. The Labute approximate surface area is 143 Å². The number of rotatable bonds is 8. The van der Waals surface area contributed by atoms with Crippen LogP contribution in [0.3, 0.4) is 0 Å². The van der Waals surface area contributed by atoms with E-state index in [1.807, 2.05) is 6.20 Å². The molecule has 2 rings (SSSR count). The summed E-state index contributed by atoms with van der Waals surface area (Å²) in [6.45, 7) is 7.06. The van der Waals surface area contributed by atoms with Crippen LogP contribution in [0.1, 0.15) is 43.2 Å². The highest BCUT2D eigenvalue weighted by molar-refractivity contribution is 7.71. The van der Waals surface area contributed by atoms with Gasteiger partial charge in [-0.1, -0.05) is 32.9 Å². The van der Waals surface area contributed by atoms with E-state index in [0.29, 0.717) is 17.7 Å². The number of nitrogens with one attached hydrogen (secondary N) is 3. The van der Waals surface area contributed by atoms with Crippen LogP contribution in [-0.4, -0.2) is 27.7 Å². The van der Waals surface area contributed by atoms with E-state index in [-0.39, 0.29) is 0 Å². The van der Waals surface area contributed by atoms with Crippen LogP contribution in [0.25, 0.3) is 0 Å². The molecular formula is C18H27N3OS. The predicted molar refractivity (Wildman–Crippen MR) is 98.8 cm³/mol. The predicted octanol–water partition coefficient (Wildman–Crippen LogP) is 3.77. The van der Waals surface area contributed by atoms with Gasteiger partial charge in [-0.05, 0) is 48.2 Å². The third-order valence-corrected chi connectivity index (χ3v) is 4.37. The van der Waals surface area contributed by atoms with Gasteiger partial charge in [0.25, 0.3) is 0 Å². The smallest absolute Gasteiger partial charge is 0.174 e. The van der Waals surface area contributed by atoms with Gasteiger partial charge in [0.15, 0.2) is 4.77 Å². The molecule has 23 heavy (non-hydrogen) atoms. The first-order valence-corrected chi connectivity index (χ1v) is 8.81. The Hall–Kier alpha value is -1.59. The Balaban J connectivity index is 2.08. The average Bonchev–Trinajstić information content (AvgIpc) is 2.96. The zero-order valence-corrected chi connectivity index (χ0v) is 15.0. The van der Waals surface area contributed by atoms with Crippen LogP contribution < -0.4 is 5.32 Å². The molecule has 1 aromatic carbocycles. The molecule has 0 spiro atoms. The number of hydrogen-bond donors (Lipinski definition) is 4. The van der Waals surface area contributed by atoms with E-state index in [1.54, 1.807) is 0 Å². The molecule has 0 fully saturated rings. The number of imidazole rings is 1. The van der Waals surface area contributed by atoms with Gasteiger partial charge in [-0.15, -0.1) is 0 Å². The van der Waals surface area contributed by atoms with Crippen LogP contribution in [0.2, 0.25) is 0 Å². The molecule has 1 unspecified atom stereocenters. The summed E-state index contributed by atoms with van der Waals surface area (Å²) in [5.41, 5.74) is 6.15. The minimum atomic E-state index is -0.461. The summed E-state index contributed by atoms with van der Waals surface area (Å²) in [5.74, 6) is 0. The first kappa shape index (κ1) is 17.8. The molecule has 0 saturated carbocycles. The highest BCUT2D eigenvalue weighted by atomic mass is 32.1. The Morgan fingerprint density at radius 3 is 2.26 bits per heavy atom. The van der Waals surface area contributed by atoms with Gasteiger partial charge in [0.1, 0.15) is 0 Å². The summed E-state index contributed by atoms with van der Waals surface area (Å²) in [4.78, 5) is 5.96. The van der Waals surface area contributed by atoms with Gasteiger partial charge in [-0.3, -0.25) is 0 Å². The van der Waals surface area contributed by atoms with Crippen molar-refractivity contribution in [3.05, 3.63) is 45.5 Å². The lowest BCUT2D eigenvalue weighted by Crippen LogP contribution is -2.23. The van der Waals surface area contributed by atoms with Crippen LogP contribution >= 0.6 is 12.2 Å². The van der Waals surface area contributed by atoms with Crippen LogP contribution in [0.5, 0.6) is 0 Å². The molecule has 4 N–H and O–H groups in total. The number of benzene rings is 1. The number of aliphatic hydroxyl groups excluding tert-OH is 1. The molecule has 1 atom stereocenters. The maximum absolute atomic E-state index is 10.3. The maximum atomic E-state index is 10.3. The number of aryl methyl sites for hydroxylation is 3. The van der Waals surface area contributed by atoms with Gasteiger partial charge in [0.2, 0.25) is 0 Å². The van der Waals surface area contributed by atoms with Crippen molar-refractivity contribution in [1.29, 1.82) is 0 Å². The molecule has 0 bridgehead atoms. The maximum Gasteiger partial charge on any atom is 0.174 e. The Morgan fingerprint density at radius 2 is 1.78 bits per heavy atom. The summed E-state index contributed by atoms with van der Waals surface area (Å²) in [7, 11) is 0. The third kappa shape index (κ3) is 4.69. The van der Waals surface area contributed by atoms with Crippen molar-refractivity contribution < 1.29 is 5.11 Å². The van der Waals surface area contributed by atoms with Gasteiger partial charge in [0.05, 0.1) is 6.10 Å². The lowest BCUT2D eigenvalue weighted by Gasteiger charge is -2.19. The second kappa shape index (κ2) is 8.31. The standard InChI is InChI=1S/C18H27N3OS/c1-4-12-7-13(5-2)17(14(6-3)8-12)19-11-16(22)9-15-10-20-18(23)21-15/h7-8,10,16,19,22H,4-6,9,11H2,1-3H3,(H2,20,21,23). The number of anilines is 1. The fraction of sp³-hybridized carbons (Fsp3) is 0.500. The highest BCUT2D eigenvalue weighted by Crippen LogP contribution is 2.25. The fourth-order valence-corrected chi connectivity index (χ4v) is 3.05. The van der Waals surface area contributed by atoms with E-state index in [9.17, 15) is 5.11 Å². The molecule has 0 aliphatic rings. The second-order valence-electron chi connectivity index (χ2n) is 5.86. The molecule has 2 aromatic rings. The SMILES string of the molecule is CCc1cc(CC)c(NCC(O)Cc2c[nH]c(=S)[nH]2)c(CC)c1. The first-order valence-electron chi connectivity index (χ1n) is 8.40. The largest absolute Gasteiger partial charge is 0.391 e. The minimum absolute atomic E-state index is 0.461. The van der Waals surface area contributed by atoms with E-state index in [0.717, 1.165) is 25.0 Å². The normalized spacial score (nSPS) is 12.3. The highest BCUT2D eigenvalue weighted by Gasteiger charge is 2.11. The Morgan fingerprint density at radius 1 is 1.13 bits per heavy atom. The van der Waals surface area contributed by atoms with Crippen molar-refractivity contribution in [3.63, 3.8) is 0 Å². The summed E-state index contributed by atoms with van der Waals surface area (Å²) in [5, 5.41) is 13.7. The van der Waals surface area contributed by atoms with Gasteiger partial charge in [-0.25, -0.2) is 0 Å². The Kier molecular flexibility index (Phi) is 6.42. The molecule has 5 heteroatoms. The van der Waals surface area contributed by atoms with Crippen molar-refractivity contribution in [3.8, 4) is 0 Å². The number of aromatic nitrogens is 2. The number of H-pyrrole nitrogens is 2. The Bertz CT molecular complexity index is 665. The second-order valence-corrected chi connectivity index (χ2v) is 6.26. The van der Waals surface area contributed by atoms with Gasteiger partial charge < -0.3 is 20.4 Å². The monoisotopic (exact) mass is 333 g/mol. The molecule has 0 aliphatic heterocycles. The van der Waals surface area contributed by atoms with Crippen molar-refractivity contribution in [2.45, 2.75) is 52.6 Å². The third-order valence-electron chi connectivity index (χ3n) is 4.15. The summed E-state index contributed by atoms with van der Waals surface area (Å²) >= 11 is 5.01. The lowest BCUT2D eigenvalue weighted by atomic mass is 9.97. The molecule has 1 aromatic heterocycles. The summed E-state index contributed by atoms with van der Waals surface area (Å²) < 4.78 is 0.594. The summed E-state index contributed by atoms with van der Waals surface area (Å²) in [6, 6.07) is 4.55. The summed E-state index contributed by atoms with van der Waals surface area (Å²) in [6.07, 6.45) is 4.94. The van der Waals surface area contributed by atoms with Gasteiger partial charge >= 0.3 is 0 Å². The van der Waals surface area contributed by atoms with Crippen LogP contribution in [0, 0.1) is 4.77 Å². The minimum Gasteiger partial charge on any atom is -0.391 e. The quantitative estimate of drug-likeness (QED) is 0.556. The van der Waals surface area contributed by atoms with E-state index in [1.165, 1.54) is 22.4 Å². The van der Waals surface area contributed by atoms with Gasteiger partial charge in [-0.2, -0.15) is 0 Å². The fourth-order valence-electron chi connectivity index (χ4n) is 2.86. The van der Waals surface area contributed by atoms with E-state index >= 15 is 0 Å². The van der Waals surface area contributed by atoms with E-state index in [4.69, 9.17) is 12.2 Å². The van der Waals surface area contributed by atoms with Crippen LogP contribution in [0.15, 0.2) is 18.3 Å². The zero-order valence-electron chi connectivity index (χ0n) is 14.2. The molecule has 0 amide bonds. The first-order chi connectivity index (χ1) is 11.1. The topological polar surface area (TPSA) is 63.8 Å². The number of aromatic amines is 2. The molecular weight excluding hydrogens is 306 g/mol. The number of aliphatic hydroxyl groups is 1. The van der Waals surface area contributed by atoms with Crippen molar-refractivity contribution in [2.75, 3.05) is 11.9 Å². The van der Waals surface area contributed by atoms with E-state index < -0.39 is 6.10 Å². The van der Waals surface area contributed by atoms with Crippen molar-refractivity contribution >= 4 is 17.9 Å². The van der Waals surface area contributed by atoms with Gasteiger partial charge in [0, 0.05) is 30.5 Å².